The fourth-order valence-corrected chi connectivity index (χ4v) is 2.04. The van der Waals surface area contributed by atoms with E-state index < -0.39 is 5.60 Å². The summed E-state index contributed by atoms with van der Waals surface area (Å²) in [5.74, 6) is 0.832. The fourth-order valence-electron chi connectivity index (χ4n) is 2.04. The number of aliphatic hydroxyl groups is 1. The van der Waals surface area contributed by atoms with Crippen molar-refractivity contribution in [1.29, 1.82) is 0 Å². The third-order valence-electron chi connectivity index (χ3n) is 3.10. The molecule has 0 aliphatic carbocycles. The monoisotopic (exact) mass is 242 g/mol. The first kappa shape index (κ1) is 12.7. The van der Waals surface area contributed by atoms with Crippen LogP contribution in [-0.2, 0) is 12.0 Å². The molecular weight excluding hydrogens is 224 g/mol. The topological polar surface area (TPSA) is 29.5 Å². The maximum absolute atomic E-state index is 10.5. The third-order valence-corrected chi connectivity index (χ3v) is 3.10. The minimum absolute atomic E-state index is 0.584. The normalized spacial score (nSPS) is 13.9. The number of benzene rings is 2. The van der Waals surface area contributed by atoms with Gasteiger partial charge in [0, 0.05) is 6.42 Å². The van der Waals surface area contributed by atoms with E-state index >= 15 is 0 Å². The molecule has 1 atom stereocenters. The van der Waals surface area contributed by atoms with Crippen LogP contribution < -0.4 is 4.74 Å². The SMILES string of the molecule is COc1ccc(C[C@](C)(O)c2ccccc2)cc1. The Kier molecular flexibility index (Phi) is 3.68. The van der Waals surface area contributed by atoms with Gasteiger partial charge in [-0.25, -0.2) is 0 Å². The number of ether oxygens (including phenoxy) is 1. The Labute approximate surface area is 108 Å². The zero-order valence-corrected chi connectivity index (χ0v) is 10.8. The third kappa shape index (κ3) is 2.90. The lowest BCUT2D eigenvalue weighted by atomic mass is 9.89. The zero-order valence-electron chi connectivity index (χ0n) is 10.8. The van der Waals surface area contributed by atoms with Crippen LogP contribution in [0.2, 0.25) is 0 Å². The molecule has 0 aliphatic rings. The molecule has 0 fully saturated rings. The van der Waals surface area contributed by atoms with Crippen molar-refractivity contribution >= 4 is 0 Å². The Morgan fingerprint density at radius 1 is 1.00 bits per heavy atom. The lowest BCUT2D eigenvalue weighted by Gasteiger charge is -2.24. The van der Waals surface area contributed by atoms with E-state index in [0.717, 1.165) is 16.9 Å². The first-order valence-electron chi connectivity index (χ1n) is 6.03. The van der Waals surface area contributed by atoms with Crippen molar-refractivity contribution in [3.05, 3.63) is 65.7 Å². The minimum atomic E-state index is -0.851. The molecule has 0 unspecified atom stereocenters. The van der Waals surface area contributed by atoms with E-state index in [4.69, 9.17) is 4.74 Å². The molecule has 2 nitrogen and oxygen atoms in total. The van der Waals surface area contributed by atoms with Crippen LogP contribution in [0.3, 0.4) is 0 Å². The zero-order chi connectivity index (χ0) is 13.0. The molecule has 0 spiro atoms. The quantitative estimate of drug-likeness (QED) is 0.892. The largest absolute Gasteiger partial charge is 0.497 e. The summed E-state index contributed by atoms with van der Waals surface area (Å²) in [4.78, 5) is 0. The molecule has 0 saturated heterocycles. The second kappa shape index (κ2) is 5.23. The molecule has 2 heteroatoms. The summed E-state index contributed by atoms with van der Waals surface area (Å²) in [5, 5.41) is 10.5. The molecule has 18 heavy (non-hydrogen) atoms. The first-order chi connectivity index (χ1) is 8.62. The van der Waals surface area contributed by atoms with Crippen LogP contribution in [0, 0.1) is 0 Å². The lowest BCUT2D eigenvalue weighted by Crippen LogP contribution is -2.24. The summed E-state index contributed by atoms with van der Waals surface area (Å²) >= 11 is 0. The van der Waals surface area contributed by atoms with E-state index in [9.17, 15) is 5.11 Å². The molecule has 2 aromatic carbocycles. The Balaban J connectivity index is 2.16. The Bertz CT molecular complexity index is 486. The highest BCUT2D eigenvalue weighted by atomic mass is 16.5. The van der Waals surface area contributed by atoms with Crippen LogP contribution in [0.4, 0.5) is 0 Å². The summed E-state index contributed by atoms with van der Waals surface area (Å²) in [6, 6.07) is 17.5. The molecule has 0 aromatic heterocycles. The Morgan fingerprint density at radius 2 is 1.61 bits per heavy atom. The van der Waals surface area contributed by atoms with Crippen molar-refractivity contribution in [1.82, 2.24) is 0 Å². The second-order valence-electron chi connectivity index (χ2n) is 4.66. The second-order valence-corrected chi connectivity index (χ2v) is 4.66. The standard InChI is InChI=1S/C16H18O2/c1-16(17,14-6-4-3-5-7-14)12-13-8-10-15(18-2)11-9-13/h3-11,17H,12H2,1-2H3/t16-/m0/s1. The summed E-state index contributed by atoms with van der Waals surface area (Å²) in [6.45, 7) is 1.84. The van der Waals surface area contributed by atoms with E-state index in [0.29, 0.717) is 6.42 Å². The summed E-state index contributed by atoms with van der Waals surface area (Å²) in [6.07, 6.45) is 0.584. The van der Waals surface area contributed by atoms with Crippen LogP contribution in [0.5, 0.6) is 5.75 Å². The van der Waals surface area contributed by atoms with Gasteiger partial charge in [0.2, 0.25) is 0 Å². The van der Waals surface area contributed by atoms with E-state index in [-0.39, 0.29) is 0 Å². The van der Waals surface area contributed by atoms with E-state index in [1.165, 1.54) is 0 Å². The van der Waals surface area contributed by atoms with Gasteiger partial charge in [0.15, 0.2) is 0 Å². The number of hydrogen-bond donors (Lipinski definition) is 1. The molecule has 0 radical (unpaired) electrons. The van der Waals surface area contributed by atoms with Gasteiger partial charge in [0.05, 0.1) is 12.7 Å². The summed E-state index contributed by atoms with van der Waals surface area (Å²) in [7, 11) is 1.65. The van der Waals surface area contributed by atoms with Gasteiger partial charge < -0.3 is 9.84 Å². The van der Waals surface area contributed by atoms with Gasteiger partial charge in [-0.3, -0.25) is 0 Å². The molecule has 0 amide bonds. The van der Waals surface area contributed by atoms with Gasteiger partial charge in [0.25, 0.3) is 0 Å². The summed E-state index contributed by atoms with van der Waals surface area (Å²) in [5.41, 5.74) is 1.17. The maximum atomic E-state index is 10.5. The van der Waals surface area contributed by atoms with Gasteiger partial charge >= 0.3 is 0 Å². The number of rotatable bonds is 4. The average molecular weight is 242 g/mol. The molecule has 94 valence electrons. The van der Waals surface area contributed by atoms with Crippen molar-refractivity contribution in [2.45, 2.75) is 18.9 Å². The van der Waals surface area contributed by atoms with Gasteiger partial charge in [0.1, 0.15) is 5.75 Å². The molecule has 2 rings (SSSR count). The van der Waals surface area contributed by atoms with Gasteiger partial charge in [-0.2, -0.15) is 0 Å². The maximum Gasteiger partial charge on any atom is 0.118 e. The van der Waals surface area contributed by atoms with Crippen LogP contribution in [-0.4, -0.2) is 12.2 Å². The van der Waals surface area contributed by atoms with E-state index in [2.05, 4.69) is 0 Å². The van der Waals surface area contributed by atoms with E-state index in [1.54, 1.807) is 7.11 Å². The van der Waals surface area contributed by atoms with Crippen molar-refractivity contribution < 1.29 is 9.84 Å². The highest BCUT2D eigenvalue weighted by Crippen LogP contribution is 2.25. The molecule has 0 heterocycles. The highest BCUT2D eigenvalue weighted by Gasteiger charge is 2.22. The highest BCUT2D eigenvalue weighted by molar-refractivity contribution is 5.30. The fraction of sp³-hybridized carbons (Fsp3) is 0.250. The predicted octanol–water partition coefficient (Wildman–Crippen LogP) is 3.15. The van der Waals surface area contributed by atoms with Crippen LogP contribution in [0.1, 0.15) is 18.1 Å². The molecule has 0 aliphatic heterocycles. The lowest BCUT2D eigenvalue weighted by molar-refractivity contribution is 0.0576. The van der Waals surface area contributed by atoms with Crippen LogP contribution in [0.25, 0.3) is 0 Å². The Hall–Kier alpha value is -1.80. The van der Waals surface area contributed by atoms with Gasteiger partial charge in [-0.1, -0.05) is 42.5 Å². The summed E-state index contributed by atoms with van der Waals surface area (Å²) < 4.78 is 5.12. The van der Waals surface area contributed by atoms with Crippen molar-refractivity contribution in [3.63, 3.8) is 0 Å². The molecule has 0 bridgehead atoms. The van der Waals surface area contributed by atoms with Crippen LogP contribution >= 0.6 is 0 Å². The smallest absolute Gasteiger partial charge is 0.118 e. The number of methoxy groups -OCH3 is 1. The molecule has 1 N–H and O–H groups in total. The first-order valence-corrected chi connectivity index (χ1v) is 6.03. The van der Waals surface area contributed by atoms with Crippen molar-refractivity contribution in [3.8, 4) is 5.75 Å². The molecule has 2 aromatic rings. The van der Waals surface area contributed by atoms with Gasteiger partial charge in [-0.05, 0) is 30.2 Å². The van der Waals surface area contributed by atoms with Crippen molar-refractivity contribution in [2.24, 2.45) is 0 Å². The number of hydrogen-bond acceptors (Lipinski definition) is 2. The average Bonchev–Trinajstić information content (AvgIpc) is 2.40. The van der Waals surface area contributed by atoms with Gasteiger partial charge in [-0.15, -0.1) is 0 Å². The Morgan fingerprint density at radius 3 is 2.17 bits per heavy atom. The molecule has 0 saturated carbocycles. The van der Waals surface area contributed by atoms with E-state index in [1.807, 2.05) is 61.5 Å². The van der Waals surface area contributed by atoms with Crippen molar-refractivity contribution in [2.75, 3.05) is 7.11 Å². The minimum Gasteiger partial charge on any atom is -0.497 e. The predicted molar refractivity (Wildman–Crippen MR) is 72.7 cm³/mol. The molecular formula is C16H18O2. The van der Waals surface area contributed by atoms with Crippen LogP contribution in [0.15, 0.2) is 54.6 Å².